The molecule has 1 aromatic heterocycles. The van der Waals surface area contributed by atoms with Gasteiger partial charge in [0.25, 0.3) is 11.8 Å². The van der Waals surface area contributed by atoms with Crippen LogP contribution in [0, 0.1) is 0 Å². The molecule has 0 N–H and O–H groups in total. The van der Waals surface area contributed by atoms with Gasteiger partial charge in [-0.3, -0.25) is 9.59 Å². The van der Waals surface area contributed by atoms with Gasteiger partial charge in [-0.2, -0.15) is 0 Å². The lowest BCUT2D eigenvalue weighted by Gasteiger charge is -2.11. The summed E-state index contributed by atoms with van der Waals surface area (Å²) in [5, 5.41) is 1.82. The first kappa shape index (κ1) is 14.9. The van der Waals surface area contributed by atoms with Crippen molar-refractivity contribution in [1.82, 2.24) is 5.06 Å². The Balaban J connectivity index is 1.64. The molecule has 0 saturated carbocycles. The van der Waals surface area contributed by atoms with Crippen LogP contribution >= 0.6 is 22.9 Å². The Labute approximate surface area is 145 Å². The number of fused-ring (bicyclic) bond motifs is 2. The van der Waals surface area contributed by atoms with Gasteiger partial charge in [0.05, 0.1) is 20.8 Å². The summed E-state index contributed by atoms with van der Waals surface area (Å²) in [4.78, 5) is 42.0. The number of carbonyl (C=O) groups excluding carboxylic acids is 3. The predicted octanol–water partition coefficient (Wildman–Crippen LogP) is 3.92. The van der Waals surface area contributed by atoms with Crippen molar-refractivity contribution >= 4 is 50.8 Å². The second-order valence-corrected chi connectivity index (χ2v) is 6.56. The van der Waals surface area contributed by atoms with E-state index < -0.39 is 17.8 Å². The van der Waals surface area contributed by atoms with Gasteiger partial charge in [-0.1, -0.05) is 40.9 Å². The molecule has 24 heavy (non-hydrogen) atoms. The van der Waals surface area contributed by atoms with Gasteiger partial charge in [0.2, 0.25) is 0 Å². The quantitative estimate of drug-likeness (QED) is 0.652. The van der Waals surface area contributed by atoms with Crippen LogP contribution in [0.5, 0.6) is 0 Å². The lowest BCUT2D eigenvalue weighted by atomic mass is 10.1. The normalized spacial score (nSPS) is 13.5. The topological polar surface area (TPSA) is 63.7 Å². The van der Waals surface area contributed by atoms with E-state index in [0.29, 0.717) is 10.1 Å². The molecule has 0 saturated heterocycles. The number of halogens is 1. The maximum Gasteiger partial charge on any atom is 0.373 e. The van der Waals surface area contributed by atoms with Gasteiger partial charge in [-0.15, -0.1) is 11.3 Å². The van der Waals surface area contributed by atoms with E-state index in [-0.39, 0.29) is 16.0 Å². The fourth-order valence-electron chi connectivity index (χ4n) is 2.51. The Morgan fingerprint density at radius 1 is 1.00 bits per heavy atom. The largest absolute Gasteiger partial charge is 0.373 e. The highest BCUT2D eigenvalue weighted by Crippen LogP contribution is 2.32. The summed E-state index contributed by atoms with van der Waals surface area (Å²) in [7, 11) is 0. The molecule has 7 heteroatoms. The summed E-state index contributed by atoms with van der Waals surface area (Å²) in [5.74, 6) is -2.08. The van der Waals surface area contributed by atoms with Crippen LogP contribution < -0.4 is 0 Å². The van der Waals surface area contributed by atoms with E-state index in [1.807, 2.05) is 6.07 Å². The SMILES string of the molecule is O=C(ON1C(=O)c2ccccc2C1=O)c1cc2cccc(Cl)c2s1. The Hall–Kier alpha value is -2.70. The molecule has 118 valence electrons. The van der Waals surface area contributed by atoms with Crippen molar-refractivity contribution in [2.75, 3.05) is 0 Å². The molecule has 0 fully saturated rings. The third-order valence-electron chi connectivity index (χ3n) is 3.63. The summed E-state index contributed by atoms with van der Waals surface area (Å²) in [6.07, 6.45) is 0. The molecule has 3 aromatic rings. The van der Waals surface area contributed by atoms with E-state index in [1.165, 1.54) is 12.1 Å². The summed E-state index contributed by atoms with van der Waals surface area (Å²) in [6.45, 7) is 0. The van der Waals surface area contributed by atoms with E-state index in [0.717, 1.165) is 21.4 Å². The zero-order valence-corrected chi connectivity index (χ0v) is 13.6. The molecule has 0 aliphatic carbocycles. The van der Waals surface area contributed by atoms with Gasteiger partial charge in [-0.25, -0.2) is 4.79 Å². The van der Waals surface area contributed by atoms with Gasteiger partial charge >= 0.3 is 5.97 Å². The van der Waals surface area contributed by atoms with Gasteiger partial charge in [0.1, 0.15) is 4.88 Å². The van der Waals surface area contributed by atoms with Crippen LogP contribution in [-0.4, -0.2) is 22.8 Å². The average Bonchev–Trinajstić information content (AvgIpc) is 3.12. The highest BCUT2D eigenvalue weighted by Gasteiger charge is 2.39. The molecule has 1 aliphatic heterocycles. The Bertz CT molecular complexity index is 991. The van der Waals surface area contributed by atoms with Crippen molar-refractivity contribution in [3.05, 3.63) is 69.6 Å². The van der Waals surface area contributed by atoms with Crippen LogP contribution in [0.2, 0.25) is 5.02 Å². The van der Waals surface area contributed by atoms with E-state index in [2.05, 4.69) is 0 Å². The number of hydrogen-bond donors (Lipinski definition) is 0. The first-order valence-electron chi connectivity index (χ1n) is 6.94. The van der Waals surface area contributed by atoms with Crippen LogP contribution in [0.15, 0.2) is 48.5 Å². The zero-order valence-electron chi connectivity index (χ0n) is 12.0. The second-order valence-electron chi connectivity index (χ2n) is 5.10. The maximum atomic E-state index is 12.3. The molecule has 0 radical (unpaired) electrons. The Morgan fingerprint density at radius 3 is 2.29 bits per heavy atom. The minimum absolute atomic E-state index is 0.217. The third kappa shape index (κ3) is 2.19. The predicted molar refractivity (Wildman–Crippen MR) is 89.2 cm³/mol. The van der Waals surface area contributed by atoms with Crippen molar-refractivity contribution in [3.8, 4) is 0 Å². The van der Waals surface area contributed by atoms with Crippen molar-refractivity contribution in [2.24, 2.45) is 0 Å². The minimum Gasteiger partial charge on any atom is -0.323 e. The molecular weight excluding hydrogens is 350 g/mol. The third-order valence-corrected chi connectivity index (χ3v) is 5.22. The molecule has 1 aliphatic rings. The lowest BCUT2D eigenvalue weighted by molar-refractivity contribution is -0.0581. The maximum absolute atomic E-state index is 12.3. The molecule has 0 unspecified atom stereocenters. The van der Waals surface area contributed by atoms with Crippen LogP contribution in [-0.2, 0) is 4.84 Å². The molecule has 4 rings (SSSR count). The van der Waals surface area contributed by atoms with Crippen molar-refractivity contribution in [3.63, 3.8) is 0 Å². The molecule has 2 heterocycles. The summed E-state index contributed by atoms with van der Waals surface area (Å²) in [6, 6.07) is 13.2. The number of carbonyl (C=O) groups is 3. The van der Waals surface area contributed by atoms with E-state index in [1.54, 1.807) is 30.3 Å². The number of nitrogens with zero attached hydrogens (tertiary/aromatic N) is 1. The van der Waals surface area contributed by atoms with E-state index >= 15 is 0 Å². The van der Waals surface area contributed by atoms with Crippen LogP contribution in [0.3, 0.4) is 0 Å². The molecular formula is C17H8ClNO4S. The summed E-state index contributed by atoms with van der Waals surface area (Å²) < 4.78 is 0.744. The smallest absolute Gasteiger partial charge is 0.323 e. The summed E-state index contributed by atoms with van der Waals surface area (Å²) >= 11 is 7.24. The number of rotatable bonds is 2. The number of benzene rings is 2. The Morgan fingerprint density at radius 2 is 1.67 bits per heavy atom. The number of imide groups is 1. The van der Waals surface area contributed by atoms with Gasteiger partial charge < -0.3 is 4.84 Å². The average molecular weight is 358 g/mol. The van der Waals surface area contributed by atoms with Crippen molar-refractivity contribution in [1.29, 1.82) is 0 Å². The molecule has 0 atom stereocenters. The standard InChI is InChI=1S/C17H8ClNO4S/c18-12-7-3-4-9-8-13(24-14(9)12)17(22)23-19-15(20)10-5-1-2-6-11(10)16(19)21/h1-8H. The number of thiophene rings is 1. The second kappa shape index (κ2) is 5.43. The van der Waals surface area contributed by atoms with E-state index in [9.17, 15) is 14.4 Å². The monoisotopic (exact) mass is 357 g/mol. The van der Waals surface area contributed by atoms with Gasteiger partial charge in [0.15, 0.2) is 0 Å². The van der Waals surface area contributed by atoms with Crippen molar-refractivity contribution in [2.45, 2.75) is 0 Å². The van der Waals surface area contributed by atoms with Crippen LogP contribution in [0.25, 0.3) is 10.1 Å². The molecule has 2 aromatic carbocycles. The first-order chi connectivity index (χ1) is 11.6. The Kier molecular flexibility index (Phi) is 3.37. The number of hydroxylamine groups is 2. The van der Waals surface area contributed by atoms with Gasteiger partial charge in [-0.05, 0) is 29.7 Å². The molecule has 0 spiro atoms. The van der Waals surface area contributed by atoms with E-state index in [4.69, 9.17) is 16.4 Å². The molecule has 0 bridgehead atoms. The minimum atomic E-state index is -0.776. The molecule has 2 amide bonds. The first-order valence-corrected chi connectivity index (χ1v) is 8.14. The highest BCUT2D eigenvalue weighted by atomic mass is 35.5. The van der Waals surface area contributed by atoms with Crippen LogP contribution in [0.4, 0.5) is 0 Å². The fourth-order valence-corrected chi connectivity index (χ4v) is 3.74. The number of hydrogen-bond acceptors (Lipinski definition) is 5. The highest BCUT2D eigenvalue weighted by molar-refractivity contribution is 7.21. The summed E-state index contributed by atoms with van der Waals surface area (Å²) in [5.41, 5.74) is 0.435. The number of amides is 2. The van der Waals surface area contributed by atoms with Crippen molar-refractivity contribution < 1.29 is 19.2 Å². The molecule has 5 nitrogen and oxygen atoms in total. The zero-order chi connectivity index (χ0) is 16.8. The van der Waals surface area contributed by atoms with Gasteiger partial charge in [0, 0.05) is 0 Å². The van der Waals surface area contributed by atoms with Crippen LogP contribution in [0.1, 0.15) is 30.4 Å². The fraction of sp³-hybridized carbons (Fsp3) is 0. The lowest BCUT2D eigenvalue weighted by Crippen LogP contribution is -2.32.